The fourth-order valence-corrected chi connectivity index (χ4v) is 1.62. The van der Waals surface area contributed by atoms with Crippen LogP contribution in [0.5, 0.6) is 0 Å². The number of esters is 1. The van der Waals surface area contributed by atoms with Gasteiger partial charge in [-0.3, -0.25) is 0 Å². The van der Waals surface area contributed by atoms with Gasteiger partial charge >= 0.3 is 5.97 Å². The van der Waals surface area contributed by atoms with Crippen molar-refractivity contribution in [3.8, 4) is 6.07 Å². The van der Waals surface area contributed by atoms with Gasteiger partial charge in [-0.2, -0.15) is 5.26 Å². The van der Waals surface area contributed by atoms with Gasteiger partial charge in [-0.05, 0) is 30.0 Å². The molecule has 0 aromatic heterocycles. The van der Waals surface area contributed by atoms with Gasteiger partial charge in [-0.15, -0.1) is 11.8 Å². The van der Waals surface area contributed by atoms with Crippen molar-refractivity contribution in [3.63, 3.8) is 0 Å². The Morgan fingerprint density at radius 2 is 2.17 bits per heavy atom. The van der Waals surface area contributed by atoms with E-state index in [0.717, 1.165) is 10.5 Å². The fraction of sp³-hybridized carbons (Fsp3) is 0.143. The number of thioether (sulfide) groups is 1. The molecule has 1 rings (SSSR count). The third-order valence-corrected chi connectivity index (χ3v) is 2.84. The summed E-state index contributed by atoms with van der Waals surface area (Å²) in [5.74, 6) is -0.633. The molecule has 0 saturated heterocycles. The van der Waals surface area contributed by atoms with Gasteiger partial charge in [0.15, 0.2) is 0 Å². The summed E-state index contributed by atoms with van der Waals surface area (Å²) in [4.78, 5) is 12.6. The summed E-state index contributed by atoms with van der Waals surface area (Å²) in [5.41, 5.74) is 0.772. The van der Waals surface area contributed by atoms with Crippen LogP contribution in [0.25, 0.3) is 6.08 Å². The van der Waals surface area contributed by atoms with Gasteiger partial charge in [0.05, 0.1) is 0 Å². The number of carbonyl (C=O) groups is 1. The lowest BCUT2D eigenvalue weighted by atomic mass is 10.1. The number of nitriles is 1. The topological polar surface area (TPSA) is 50.1 Å². The molecule has 0 bridgehead atoms. The normalized spacial score (nSPS) is 10.6. The van der Waals surface area contributed by atoms with Crippen molar-refractivity contribution >= 4 is 23.8 Å². The summed E-state index contributed by atoms with van der Waals surface area (Å²) < 4.78 is 4.81. The molecule has 4 heteroatoms. The maximum atomic E-state index is 11.5. The molecular formula is C14H13NO2S. The van der Waals surface area contributed by atoms with Gasteiger partial charge in [0.1, 0.15) is 18.2 Å². The maximum absolute atomic E-state index is 11.5. The molecule has 0 N–H and O–H groups in total. The molecule has 0 heterocycles. The van der Waals surface area contributed by atoms with E-state index in [2.05, 4.69) is 6.58 Å². The summed E-state index contributed by atoms with van der Waals surface area (Å²) in [5, 5.41) is 8.91. The molecule has 18 heavy (non-hydrogen) atoms. The Hall–Kier alpha value is -1.99. The molecule has 0 unspecified atom stereocenters. The van der Waals surface area contributed by atoms with E-state index in [1.165, 1.54) is 12.2 Å². The second-order valence-electron chi connectivity index (χ2n) is 3.33. The monoisotopic (exact) mass is 259 g/mol. The third kappa shape index (κ3) is 4.11. The Labute approximate surface area is 111 Å². The molecule has 92 valence electrons. The lowest BCUT2D eigenvalue weighted by Crippen LogP contribution is -2.06. The molecule has 0 aliphatic rings. The lowest BCUT2D eigenvalue weighted by Gasteiger charge is -2.01. The van der Waals surface area contributed by atoms with E-state index in [4.69, 9.17) is 10.00 Å². The smallest absolute Gasteiger partial charge is 0.349 e. The largest absolute Gasteiger partial charge is 0.457 e. The number of benzene rings is 1. The summed E-state index contributed by atoms with van der Waals surface area (Å²) in [6.07, 6.45) is 4.95. The molecule has 0 aliphatic heterocycles. The molecule has 0 amide bonds. The molecule has 0 aliphatic carbocycles. The summed E-state index contributed by atoms with van der Waals surface area (Å²) in [7, 11) is 0. The second-order valence-corrected chi connectivity index (χ2v) is 4.21. The zero-order valence-electron chi connectivity index (χ0n) is 10.1. The SMILES string of the molecule is C=CCOC(=O)C(C#N)=Cc1ccc(SC)cc1. The van der Waals surface area contributed by atoms with Crippen LogP contribution >= 0.6 is 11.8 Å². The highest BCUT2D eigenvalue weighted by Crippen LogP contribution is 2.16. The number of rotatable bonds is 5. The summed E-state index contributed by atoms with van der Waals surface area (Å²) in [6, 6.07) is 9.40. The zero-order chi connectivity index (χ0) is 13.4. The van der Waals surface area contributed by atoms with Crippen molar-refractivity contribution in [1.82, 2.24) is 0 Å². The average molecular weight is 259 g/mol. The van der Waals surface area contributed by atoms with Crippen LogP contribution in [-0.4, -0.2) is 18.8 Å². The number of carbonyl (C=O) groups excluding carboxylic acids is 1. The first-order chi connectivity index (χ1) is 8.71. The highest BCUT2D eigenvalue weighted by atomic mass is 32.2. The standard InChI is InChI=1S/C14H13NO2S/c1-3-8-17-14(16)12(10-15)9-11-4-6-13(18-2)7-5-11/h3-7,9H,1,8H2,2H3. The lowest BCUT2D eigenvalue weighted by molar-refractivity contribution is -0.137. The Morgan fingerprint density at radius 1 is 1.50 bits per heavy atom. The van der Waals surface area contributed by atoms with Crippen molar-refractivity contribution < 1.29 is 9.53 Å². The average Bonchev–Trinajstić information content (AvgIpc) is 2.42. The Bertz CT molecular complexity index is 498. The summed E-state index contributed by atoms with van der Waals surface area (Å²) >= 11 is 1.63. The first-order valence-corrected chi connectivity index (χ1v) is 6.47. The molecule has 0 spiro atoms. The van der Waals surface area contributed by atoms with Crippen LogP contribution in [0.3, 0.4) is 0 Å². The van der Waals surface area contributed by atoms with Crippen LogP contribution < -0.4 is 0 Å². The minimum atomic E-state index is -0.633. The van der Waals surface area contributed by atoms with Gasteiger partial charge in [-0.1, -0.05) is 24.8 Å². The van der Waals surface area contributed by atoms with E-state index < -0.39 is 5.97 Å². The maximum Gasteiger partial charge on any atom is 0.349 e. The van der Waals surface area contributed by atoms with Gasteiger partial charge in [0.2, 0.25) is 0 Å². The van der Waals surface area contributed by atoms with E-state index in [1.54, 1.807) is 11.8 Å². The van der Waals surface area contributed by atoms with Crippen molar-refractivity contribution in [3.05, 3.63) is 48.1 Å². The van der Waals surface area contributed by atoms with Gasteiger partial charge in [0, 0.05) is 4.90 Å². The highest BCUT2D eigenvalue weighted by molar-refractivity contribution is 7.98. The van der Waals surface area contributed by atoms with Crippen LogP contribution in [0.4, 0.5) is 0 Å². The zero-order valence-corrected chi connectivity index (χ0v) is 10.9. The predicted molar refractivity (Wildman–Crippen MR) is 73.0 cm³/mol. The Balaban J connectivity index is 2.86. The second kappa shape index (κ2) is 7.36. The van der Waals surface area contributed by atoms with Crippen molar-refractivity contribution in [1.29, 1.82) is 5.26 Å². The van der Waals surface area contributed by atoms with E-state index in [0.29, 0.717) is 0 Å². The van der Waals surface area contributed by atoms with Crippen LogP contribution in [0.15, 0.2) is 47.4 Å². The van der Waals surface area contributed by atoms with E-state index in [-0.39, 0.29) is 12.2 Å². The van der Waals surface area contributed by atoms with Crippen LogP contribution in [0.1, 0.15) is 5.56 Å². The van der Waals surface area contributed by atoms with Crippen molar-refractivity contribution in [2.45, 2.75) is 4.90 Å². The van der Waals surface area contributed by atoms with Crippen LogP contribution in [-0.2, 0) is 9.53 Å². The Kier molecular flexibility index (Phi) is 5.75. The number of hydrogen-bond acceptors (Lipinski definition) is 4. The quantitative estimate of drug-likeness (QED) is 0.268. The van der Waals surface area contributed by atoms with Gasteiger partial charge < -0.3 is 4.74 Å². The minimum absolute atomic E-state index is 0.0197. The van der Waals surface area contributed by atoms with Crippen LogP contribution in [0.2, 0.25) is 0 Å². The van der Waals surface area contributed by atoms with Crippen molar-refractivity contribution in [2.24, 2.45) is 0 Å². The number of ether oxygens (including phenoxy) is 1. The fourth-order valence-electron chi connectivity index (χ4n) is 1.22. The van der Waals surface area contributed by atoms with E-state index in [9.17, 15) is 4.79 Å². The van der Waals surface area contributed by atoms with E-state index in [1.807, 2.05) is 36.6 Å². The molecule has 0 atom stereocenters. The molecule has 0 radical (unpaired) electrons. The third-order valence-electron chi connectivity index (χ3n) is 2.10. The number of hydrogen-bond donors (Lipinski definition) is 0. The molecule has 1 aromatic rings. The summed E-state index contributed by atoms with van der Waals surface area (Å²) in [6.45, 7) is 3.54. The van der Waals surface area contributed by atoms with E-state index >= 15 is 0 Å². The molecule has 0 fully saturated rings. The van der Waals surface area contributed by atoms with Gasteiger partial charge in [0.25, 0.3) is 0 Å². The van der Waals surface area contributed by atoms with Gasteiger partial charge in [-0.25, -0.2) is 4.79 Å². The number of nitrogens with zero attached hydrogens (tertiary/aromatic N) is 1. The predicted octanol–water partition coefficient (Wildman–Crippen LogP) is 3.04. The molecule has 1 aromatic carbocycles. The minimum Gasteiger partial charge on any atom is -0.457 e. The first kappa shape index (κ1) is 14.1. The first-order valence-electron chi connectivity index (χ1n) is 5.25. The van der Waals surface area contributed by atoms with Crippen LogP contribution in [0, 0.1) is 11.3 Å². The van der Waals surface area contributed by atoms with Crippen molar-refractivity contribution in [2.75, 3.05) is 12.9 Å². The Morgan fingerprint density at radius 3 is 2.67 bits per heavy atom. The molecule has 3 nitrogen and oxygen atoms in total. The molecule has 0 saturated carbocycles. The highest BCUT2D eigenvalue weighted by Gasteiger charge is 2.09. The molecular weight excluding hydrogens is 246 g/mol.